The lowest BCUT2D eigenvalue weighted by Crippen LogP contribution is -2.15. The van der Waals surface area contributed by atoms with Gasteiger partial charge in [0.05, 0.1) is 5.69 Å². The Hall–Kier alpha value is -1.32. The quantitative estimate of drug-likeness (QED) is 0.928. The van der Waals surface area contributed by atoms with Gasteiger partial charge >= 0.3 is 0 Å². The van der Waals surface area contributed by atoms with Gasteiger partial charge in [-0.1, -0.05) is 23.7 Å². The topological polar surface area (TPSA) is 29.9 Å². The van der Waals surface area contributed by atoms with Gasteiger partial charge < -0.3 is 5.32 Å². The predicted octanol–water partition coefficient (Wildman–Crippen LogP) is 3.30. The van der Waals surface area contributed by atoms with Crippen molar-refractivity contribution in [3.8, 4) is 11.1 Å². The van der Waals surface area contributed by atoms with Crippen LogP contribution in [0.25, 0.3) is 11.1 Å². The largest absolute Gasteiger partial charge is 0.310 e. The molecule has 0 amide bonds. The third kappa shape index (κ3) is 2.82. The standard InChI is InChI=1S/C15H18ClN3/c1-10-14(9-19(2)18-10)11-3-4-12(15(16)7-11)8-17-13-5-6-13/h3-4,7,9,13,17H,5-6,8H2,1-2H3. The summed E-state index contributed by atoms with van der Waals surface area (Å²) < 4.78 is 1.83. The first-order valence-corrected chi connectivity index (χ1v) is 7.03. The van der Waals surface area contributed by atoms with Crippen LogP contribution >= 0.6 is 11.6 Å². The van der Waals surface area contributed by atoms with E-state index in [0.29, 0.717) is 6.04 Å². The van der Waals surface area contributed by atoms with Crippen LogP contribution < -0.4 is 5.32 Å². The van der Waals surface area contributed by atoms with Gasteiger partial charge in [-0.2, -0.15) is 5.10 Å². The lowest BCUT2D eigenvalue weighted by atomic mass is 10.0. The summed E-state index contributed by atoms with van der Waals surface area (Å²) in [4.78, 5) is 0. The summed E-state index contributed by atoms with van der Waals surface area (Å²) in [6.45, 7) is 2.88. The van der Waals surface area contributed by atoms with Gasteiger partial charge in [0.2, 0.25) is 0 Å². The van der Waals surface area contributed by atoms with Gasteiger partial charge in [-0.05, 0) is 37.0 Å². The molecule has 0 spiro atoms. The lowest BCUT2D eigenvalue weighted by Gasteiger charge is -2.07. The highest BCUT2D eigenvalue weighted by molar-refractivity contribution is 6.31. The number of aryl methyl sites for hydroxylation is 2. The Bertz CT molecular complexity index is 599. The van der Waals surface area contributed by atoms with E-state index in [9.17, 15) is 0 Å². The predicted molar refractivity (Wildman–Crippen MR) is 78.3 cm³/mol. The first-order chi connectivity index (χ1) is 9.13. The first-order valence-electron chi connectivity index (χ1n) is 6.66. The highest BCUT2D eigenvalue weighted by atomic mass is 35.5. The summed E-state index contributed by atoms with van der Waals surface area (Å²) in [5.74, 6) is 0. The fourth-order valence-corrected chi connectivity index (χ4v) is 2.53. The van der Waals surface area contributed by atoms with E-state index in [-0.39, 0.29) is 0 Å². The molecule has 2 aromatic rings. The second-order valence-corrected chi connectivity index (χ2v) is 5.67. The van der Waals surface area contributed by atoms with Crippen molar-refractivity contribution < 1.29 is 0 Å². The van der Waals surface area contributed by atoms with Crippen LogP contribution in [0.1, 0.15) is 24.1 Å². The number of nitrogens with zero attached hydrogens (tertiary/aromatic N) is 2. The summed E-state index contributed by atoms with van der Waals surface area (Å²) in [6.07, 6.45) is 4.62. The number of benzene rings is 1. The molecule has 0 aliphatic heterocycles. The minimum Gasteiger partial charge on any atom is -0.310 e. The summed E-state index contributed by atoms with van der Waals surface area (Å²) in [5.41, 5.74) is 4.47. The molecular weight excluding hydrogens is 258 g/mol. The minimum atomic E-state index is 0.705. The molecule has 0 saturated heterocycles. The number of aromatic nitrogens is 2. The van der Waals surface area contributed by atoms with E-state index in [1.165, 1.54) is 18.4 Å². The SMILES string of the molecule is Cc1nn(C)cc1-c1ccc(CNC2CC2)c(Cl)c1. The molecule has 1 aliphatic carbocycles. The van der Waals surface area contributed by atoms with Gasteiger partial charge in [0.25, 0.3) is 0 Å². The Kier molecular flexibility index (Phi) is 3.33. The highest BCUT2D eigenvalue weighted by Crippen LogP contribution is 2.28. The van der Waals surface area contributed by atoms with Crippen molar-refractivity contribution in [3.05, 3.63) is 40.7 Å². The highest BCUT2D eigenvalue weighted by Gasteiger charge is 2.20. The van der Waals surface area contributed by atoms with Crippen LogP contribution in [0.3, 0.4) is 0 Å². The molecule has 0 unspecified atom stereocenters. The van der Waals surface area contributed by atoms with Crippen molar-refractivity contribution in [2.45, 2.75) is 32.4 Å². The molecule has 1 aromatic carbocycles. The lowest BCUT2D eigenvalue weighted by molar-refractivity contribution is 0.688. The third-order valence-electron chi connectivity index (χ3n) is 3.54. The monoisotopic (exact) mass is 275 g/mol. The summed E-state index contributed by atoms with van der Waals surface area (Å²) in [6, 6.07) is 6.98. The molecule has 19 heavy (non-hydrogen) atoms. The van der Waals surface area contributed by atoms with Crippen LogP contribution in [-0.2, 0) is 13.6 Å². The molecule has 4 heteroatoms. The van der Waals surface area contributed by atoms with Crippen LogP contribution in [0.5, 0.6) is 0 Å². The van der Waals surface area contributed by atoms with Crippen molar-refractivity contribution in [2.75, 3.05) is 0 Å². The summed E-state index contributed by atoms with van der Waals surface area (Å²) in [5, 5.41) is 8.68. The molecular formula is C15H18ClN3. The van der Waals surface area contributed by atoms with Crippen LogP contribution in [0, 0.1) is 6.92 Å². The minimum absolute atomic E-state index is 0.705. The van der Waals surface area contributed by atoms with E-state index in [1.54, 1.807) is 0 Å². The van der Waals surface area contributed by atoms with Crippen LogP contribution in [-0.4, -0.2) is 15.8 Å². The number of halogens is 1. The van der Waals surface area contributed by atoms with Crippen LogP contribution in [0.2, 0.25) is 5.02 Å². The molecule has 1 aromatic heterocycles. The molecule has 100 valence electrons. The zero-order valence-electron chi connectivity index (χ0n) is 11.3. The molecule has 3 rings (SSSR count). The van der Waals surface area contributed by atoms with Gasteiger partial charge in [-0.15, -0.1) is 0 Å². The van der Waals surface area contributed by atoms with Crippen LogP contribution in [0.4, 0.5) is 0 Å². The molecule has 0 radical (unpaired) electrons. The number of rotatable bonds is 4. The number of hydrogen-bond acceptors (Lipinski definition) is 2. The van der Waals surface area contributed by atoms with E-state index in [4.69, 9.17) is 11.6 Å². The van der Waals surface area contributed by atoms with E-state index in [0.717, 1.165) is 28.4 Å². The molecule has 3 nitrogen and oxygen atoms in total. The Balaban J connectivity index is 1.83. The first kappa shape index (κ1) is 12.7. The normalized spacial score (nSPS) is 14.9. The molecule has 1 saturated carbocycles. The molecule has 1 aliphatic rings. The van der Waals surface area contributed by atoms with Crippen LogP contribution in [0.15, 0.2) is 24.4 Å². The second-order valence-electron chi connectivity index (χ2n) is 5.26. The average Bonchev–Trinajstić information content (AvgIpc) is 3.12. The molecule has 1 heterocycles. The number of nitrogens with one attached hydrogen (secondary N) is 1. The molecule has 1 N–H and O–H groups in total. The third-order valence-corrected chi connectivity index (χ3v) is 3.89. The van der Waals surface area contributed by atoms with Gasteiger partial charge in [0.1, 0.15) is 0 Å². The average molecular weight is 276 g/mol. The maximum Gasteiger partial charge on any atom is 0.0671 e. The Labute approximate surface area is 118 Å². The van der Waals surface area contributed by atoms with Crippen molar-refractivity contribution in [1.29, 1.82) is 0 Å². The molecule has 0 atom stereocenters. The van der Waals surface area contributed by atoms with E-state index >= 15 is 0 Å². The maximum atomic E-state index is 6.38. The Morgan fingerprint density at radius 3 is 2.79 bits per heavy atom. The van der Waals surface area contributed by atoms with E-state index < -0.39 is 0 Å². The number of hydrogen-bond donors (Lipinski definition) is 1. The smallest absolute Gasteiger partial charge is 0.0671 e. The van der Waals surface area contributed by atoms with Crippen molar-refractivity contribution in [2.24, 2.45) is 7.05 Å². The summed E-state index contributed by atoms with van der Waals surface area (Å²) >= 11 is 6.38. The van der Waals surface area contributed by atoms with Crippen molar-refractivity contribution in [1.82, 2.24) is 15.1 Å². The fraction of sp³-hybridized carbons (Fsp3) is 0.400. The summed E-state index contributed by atoms with van der Waals surface area (Å²) in [7, 11) is 1.94. The van der Waals surface area contributed by atoms with Crippen molar-refractivity contribution in [3.63, 3.8) is 0 Å². The van der Waals surface area contributed by atoms with Gasteiger partial charge in [-0.25, -0.2) is 0 Å². The zero-order chi connectivity index (χ0) is 13.4. The second kappa shape index (κ2) is 4.99. The Morgan fingerprint density at radius 2 is 2.21 bits per heavy atom. The van der Waals surface area contributed by atoms with E-state index in [1.807, 2.05) is 30.9 Å². The molecule has 0 bridgehead atoms. The Morgan fingerprint density at radius 1 is 1.42 bits per heavy atom. The van der Waals surface area contributed by atoms with Gasteiger partial charge in [-0.3, -0.25) is 4.68 Å². The van der Waals surface area contributed by atoms with Crippen molar-refractivity contribution >= 4 is 11.6 Å². The maximum absolute atomic E-state index is 6.38. The van der Waals surface area contributed by atoms with Gasteiger partial charge in [0.15, 0.2) is 0 Å². The zero-order valence-corrected chi connectivity index (χ0v) is 12.0. The van der Waals surface area contributed by atoms with Gasteiger partial charge in [0, 0.05) is 36.4 Å². The fourth-order valence-electron chi connectivity index (χ4n) is 2.28. The molecule has 1 fully saturated rings. The van der Waals surface area contributed by atoms with E-state index in [2.05, 4.69) is 22.5 Å².